The number of esters is 1. The van der Waals surface area contributed by atoms with Crippen molar-refractivity contribution in [2.24, 2.45) is 0 Å². The lowest BCUT2D eigenvalue weighted by atomic mass is 10.2. The molecule has 1 unspecified atom stereocenters. The van der Waals surface area contributed by atoms with E-state index in [9.17, 15) is 4.79 Å². The van der Waals surface area contributed by atoms with E-state index in [-0.39, 0.29) is 6.10 Å². The van der Waals surface area contributed by atoms with Gasteiger partial charge in [0.25, 0.3) is 0 Å². The summed E-state index contributed by atoms with van der Waals surface area (Å²) >= 11 is 0. The van der Waals surface area contributed by atoms with E-state index in [1.54, 1.807) is 7.11 Å². The summed E-state index contributed by atoms with van der Waals surface area (Å²) < 4.78 is 9.89. The summed E-state index contributed by atoms with van der Waals surface area (Å²) in [5.74, 6) is -0.395. The minimum atomic E-state index is -0.395. The third-order valence-electron chi connectivity index (χ3n) is 1.52. The molecule has 0 N–H and O–H groups in total. The molecule has 0 aliphatic rings. The zero-order valence-corrected chi connectivity index (χ0v) is 7.71. The molecule has 0 spiro atoms. The van der Waals surface area contributed by atoms with Crippen molar-refractivity contribution in [3.63, 3.8) is 0 Å². The molecule has 0 heterocycles. The lowest BCUT2D eigenvalue weighted by molar-refractivity contribution is -0.141. The summed E-state index contributed by atoms with van der Waals surface area (Å²) in [6.45, 7) is 5.67. The van der Waals surface area contributed by atoms with Crippen molar-refractivity contribution in [2.75, 3.05) is 13.7 Å². The predicted octanol–water partition coefficient (Wildman–Crippen LogP) is 1.53. The molecule has 0 saturated heterocycles. The molecule has 0 aliphatic carbocycles. The molecule has 0 aliphatic heterocycles. The predicted molar refractivity (Wildman–Crippen MR) is 46.9 cm³/mol. The number of rotatable bonds is 6. The summed E-state index contributed by atoms with van der Waals surface area (Å²) in [4.78, 5) is 10.6. The molecule has 0 radical (unpaired) electrons. The molecular weight excluding hydrogens is 156 g/mol. The Balaban J connectivity index is 3.56. The minimum Gasteiger partial charge on any atom is -0.460 e. The first-order valence-electron chi connectivity index (χ1n) is 4.06. The van der Waals surface area contributed by atoms with Crippen molar-refractivity contribution in [3.8, 4) is 0 Å². The first-order chi connectivity index (χ1) is 5.74. The van der Waals surface area contributed by atoms with Gasteiger partial charge in [-0.25, -0.2) is 4.79 Å². The molecule has 0 fully saturated rings. The Hall–Kier alpha value is -0.830. The number of hydrogen-bond acceptors (Lipinski definition) is 3. The number of hydrogen-bond donors (Lipinski definition) is 0. The lowest BCUT2D eigenvalue weighted by Crippen LogP contribution is -2.19. The molecule has 3 nitrogen and oxygen atoms in total. The van der Waals surface area contributed by atoms with Crippen LogP contribution in [0.5, 0.6) is 0 Å². The zero-order valence-electron chi connectivity index (χ0n) is 7.71. The Morgan fingerprint density at radius 1 is 1.67 bits per heavy atom. The van der Waals surface area contributed by atoms with Crippen molar-refractivity contribution in [2.45, 2.75) is 25.9 Å². The average molecular weight is 172 g/mol. The van der Waals surface area contributed by atoms with Crippen molar-refractivity contribution >= 4 is 5.97 Å². The fourth-order valence-corrected chi connectivity index (χ4v) is 0.825. The molecule has 0 saturated carbocycles. The molecule has 0 aromatic heterocycles. The summed E-state index contributed by atoms with van der Waals surface area (Å²) in [5, 5.41) is 0. The SMILES string of the molecule is C=CC(=O)OCC(CCC)OC. The second kappa shape index (κ2) is 6.85. The van der Waals surface area contributed by atoms with Gasteiger partial charge in [-0.15, -0.1) is 0 Å². The van der Waals surface area contributed by atoms with E-state index >= 15 is 0 Å². The van der Waals surface area contributed by atoms with Crippen molar-refractivity contribution in [1.29, 1.82) is 0 Å². The third kappa shape index (κ3) is 4.91. The van der Waals surface area contributed by atoms with Gasteiger partial charge in [-0.2, -0.15) is 0 Å². The van der Waals surface area contributed by atoms with Crippen LogP contribution in [0.25, 0.3) is 0 Å². The van der Waals surface area contributed by atoms with Crippen molar-refractivity contribution in [1.82, 2.24) is 0 Å². The van der Waals surface area contributed by atoms with Gasteiger partial charge >= 0.3 is 5.97 Å². The Kier molecular flexibility index (Phi) is 6.38. The van der Waals surface area contributed by atoms with Gasteiger partial charge in [0.1, 0.15) is 6.61 Å². The fraction of sp³-hybridized carbons (Fsp3) is 0.667. The monoisotopic (exact) mass is 172 g/mol. The van der Waals surface area contributed by atoms with Gasteiger partial charge in [-0.1, -0.05) is 19.9 Å². The minimum absolute atomic E-state index is 0.0129. The van der Waals surface area contributed by atoms with E-state index in [0.29, 0.717) is 6.61 Å². The molecule has 3 heteroatoms. The summed E-state index contributed by atoms with van der Waals surface area (Å²) in [7, 11) is 1.61. The van der Waals surface area contributed by atoms with Crippen LogP contribution < -0.4 is 0 Å². The highest BCUT2D eigenvalue weighted by atomic mass is 16.6. The van der Waals surface area contributed by atoms with Crippen LogP contribution >= 0.6 is 0 Å². The second-order valence-corrected chi connectivity index (χ2v) is 2.48. The first-order valence-corrected chi connectivity index (χ1v) is 4.06. The van der Waals surface area contributed by atoms with Crippen molar-refractivity contribution in [3.05, 3.63) is 12.7 Å². The Morgan fingerprint density at radius 2 is 2.33 bits per heavy atom. The fourth-order valence-electron chi connectivity index (χ4n) is 0.825. The van der Waals surface area contributed by atoms with E-state index in [4.69, 9.17) is 9.47 Å². The van der Waals surface area contributed by atoms with Gasteiger partial charge < -0.3 is 9.47 Å². The van der Waals surface area contributed by atoms with Crippen LogP contribution in [0.1, 0.15) is 19.8 Å². The van der Waals surface area contributed by atoms with Crippen molar-refractivity contribution < 1.29 is 14.3 Å². The van der Waals surface area contributed by atoms with Gasteiger partial charge in [0.05, 0.1) is 6.10 Å². The van der Waals surface area contributed by atoms with Gasteiger partial charge in [0.15, 0.2) is 0 Å². The molecule has 12 heavy (non-hydrogen) atoms. The highest BCUT2D eigenvalue weighted by molar-refractivity contribution is 5.81. The summed E-state index contributed by atoms with van der Waals surface area (Å²) in [5.41, 5.74) is 0. The molecule has 0 amide bonds. The van der Waals surface area contributed by atoms with Crippen LogP contribution in [0.2, 0.25) is 0 Å². The molecule has 0 rings (SSSR count). The first kappa shape index (κ1) is 11.2. The standard InChI is InChI=1S/C9H16O3/c1-4-6-8(11-3)7-12-9(10)5-2/h5,8H,2,4,6-7H2,1,3H3. The van der Waals surface area contributed by atoms with E-state index in [0.717, 1.165) is 18.9 Å². The lowest BCUT2D eigenvalue weighted by Gasteiger charge is -2.13. The second-order valence-electron chi connectivity index (χ2n) is 2.48. The van der Waals surface area contributed by atoms with Crippen LogP contribution in [0, 0.1) is 0 Å². The maximum atomic E-state index is 10.6. The van der Waals surface area contributed by atoms with Crippen LogP contribution in [0.3, 0.4) is 0 Å². The largest absolute Gasteiger partial charge is 0.460 e. The maximum Gasteiger partial charge on any atom is 0.330 e. The van der Waals surface area contributed by atoms with E-state index in [1.807, 2.05) is 0 Å². The van der Waals surface area contributed by atoms with Gasteiger partial charge in [0, 0.05) is 13.2 Å². The topological polar surface area (TPSA) is 35.5 Å². The molecule has 0 aromatic rings. The quantitative estimate of drug-likeness (QED) is 0.450. The number of carbonyl (C=O) groups excluding carboxylic acids is 1. The number of ether oxygens (including phenoxy) is 2. The van der Waals surface area contributed by atoms with Crippen LogP contribution in [-0.2, 0) is 14.3 Å². The summed E-state index contributed by atoms with van der Waals surface area (Å²) in [6.07, 6.45) is 3.09. The Bertz CT molecular complexity index is 143. The maximum absolute atomic E-state index is 10.6. The molecule has 0 bridgehead atoms. The normalized spacial score (nSPS) is 12.2. The van der Waals surface area contributed by atoms with E-state index in [1.165, 1.54) is 0 Å². The smallest absolute Gasteiger partial charge is 0.330 e. The van der Waals surface area contributed by atoms with Crippen LogP contribution in [0.4, 0.5) is 0 Å². The van der Waals surface area contributed by atoms with Gasteiger partial charge in [0.2, 0.25) is 0 Å². The van der Waals surface area contributed by atoms with E-state index in [2.05, 4.69) is 13.5 Å². The highest BCUT2D eigenvalue weighted by Crippen LogP contribution is 2.01. The Labute approximate surface area is 73.4 Å². The summed E-state index contributed by atoms with van der Waals surface area (Å²) in [6, 6.07) is 0. The molecule has 0 aromatic carbocycles. The zero-order chi connectivity index (χ0) is 9.40. The van der Waals surface area contributed by atoms with Crippen LogP contribution in [-0.4, -0.2) is 25.8 Å². The highest BCUT2D eigenvalue weighted by Gasteiger charge is 2.07. The van der Waals surface area contributed by atoms with E-state index < -0.39 is 5.97 Å². The third-order valence-corrected chi connectivity index (χ3v) is 1.52. The average Bonchev–Trinajstić information content (AvgIpc) is 2.11. The molecule has 70 valence electrons. The number of carbonyl (C=O) groups is 1. The number of methoxy groups -OCH3 is 1. The Morgan fingerprint density at radius 3 is 2.75 bits per heavy atom. The van der Waals surface area contributed by atoms with Gasteiger partial charge in [-0.05, 0) is 6.42 Å². The van der Waals surface area contributed by atoms with Crippen LogP contribution in [0.15, 0.2) is 12.7 Å². The molecule has 1 atom stereocenters. The molecular formula is C9H16O3. The van der Waals surface area contributed by atoms with Gasteiger partial charge in [-0.3, -0.25) is 0 Å².